The Balaban J connectivity index is 1.37. The standard InChI is InChI=1S/C42H37NS/c1-5-15-32(16-6-1)33-25-27-34(28-26-33)43-41-24-14-13-23-39(41)40-31-38(29-30-42(40)43)44(35-17-7-2-8-18-35,36-19-9-3-10-20-36)37-21-11-4-12-22-37/h2-4,7-14,17-32H,1,5-6,15-16H2. The van der Waals surface area contributed by atoms with Crippen molar-refractivity contribution in [2.45, 2.75) is 57.6 Å². The van der Waals surface area contributed by atoms with E-state index >= 15 is 0 Å². The molecule has 0 radical (unpaired) electrons. The molecule has 7 aromatic rings. The fraction of sp³-hybridized carbons (Fsp3) is 0.143. The predicted molar refractivity (Wildman–Crippen MR) is 187 cm³/mol. The summed E-state index contributed by atoms with van der Waals surface area (Å²) in [5.74, 6) is 0.712. The normalized spacial score (nSPS) is 14.6. The molecule has 1 aromatic heterocycles. The van der Waals surface area contributed by atoms with Gasteiger partial charge in [-0.05, 0) is 97.1 Å². The maximum atomic E-state index is 2.49. The van der Waals surface area contributed by atoms with Crippen molar-refractivity contribution in [1.82, 2.24) is 4.57 Å². The van der Waals surface area contributed by atoms with Gasteiger partial charge in [-0.1, -0.05) is 104 Å². The van der Waals surface area contributed by atoms with E-state index in [-0.39, 0.29) is 0 Å². The predicted octanol–water partition coefficient (Wildman–Crippen LogP) is 12.2. The van der Waals surface area contributed by atoms with Crippen LogP contribution in [-0.4, -0.2) is 4.57 Å². The van der Waals surface area contributed by atoms with E-state index in [1.165, 1.54) is 84.7 Å². The first-order chi connectivity index (χ1) is 21.8. The first-order valence-electron chi connectivity index (χ1n) is 16.0. The molecule has 0 atom stereocenters. The van der Waals surface area contributed by atoms with Crippen molar-refractivity contribution in [3.05, 3.63) is 163 Å². The lowest BCUT2D eigenvalue weighted by atomic mass is 9.84. The third-order valence-corrected chi connectivity index (χ3v) is 13.4. The third-order valence-electron chi connectivity index (χ3n) is 9.52. The van der Waals surface area contributed by atoms with Gasteiger partial charge in [-0.3, -0.25) is 0 Å². The summed E-state index contributed by atoms with van der Waals surface area (Å²) in [5, 5.41) is 2.59. The summed E-state index contributed by atoms with van der Waals surface area (Å²) in [6, 6.07) is 59.0. The highest BCUT2D eigenvalue weighted by molar-refractivity contribution is 8.34. The van der Waals surface area contributed by atoms with Crippen LogP contribution in [0.25, 0.3) is 27.5 Å². The van der Waals surface area contributed by atoms with Crippen LogP contribution in [0, 0.1) is 0 Å². The molecule has 0 N–H and O–H groups in total. The molecule has 1 fully saturated rings. The minimum atomic E-state index is -1.75. The highest BCUT2D eigenvalue weighted by Crippen LogP contribution is 2.73. The van der Waals surface area contributed by atoms with Crippen LogP contribution < -0.4 is 0 Å². The van der Waals surface area contributed by atoms with Crippen LogP contribution in [0.1, 0.15) is 43.6 Å². The summed E-state index contributed by atoms with van der Waals surface area (Å²) in [6.07, 6.45) is 6.76. The zero-order chi connectivity index (χ0) is 29.3. The molecule has 1 saturated carbocycles. The molecule has 216 valence electrons. The van der Waals surface area contributed by atoms with Gasteiger partial charge in [0.1, 0.15) is 0 Å². The van der Waals surface area contributed by atoms with Crippen molar-refractivity contribution >= 4 is 31.8 Å². The zero-order valence-electron chi connectivity index (χ0n) is 25.0. The molecular weight excluding hydrogens is 551 g/mol. The van der Waals surface area contributed by atoms with E-state index in [2.05, 4.69) is 162 Å². The molecule has 1 heterocycles. The summed E-state index contributed by atoms with van der Waals surface area (Å²) >= 11 is 0. The summed E-state index contributed by atoms with van der Waals surface area (Å²) in [5.41, 5.74) is 5.24. The van der Waals surface area contributed by atoms with Crippen LogP contribution in [0.3, 0.4) is 0 Å². The first-order valence-corrected chi connectivity index (χ1v) is 17.6. The molecule has 0 spiro atoms. The molecule has 1 aliphatic carbocycles. The Morgan fingerprint density at radius 1 is 0.432 bits per heavy atom. The smallest absolute Gasteiger partial charge is 0.0541 e. The molecule has 44 heavy (non-hydrogen) atoms. The fourth-order valence-corrected chi connectivity index (χ4v) is 11.3. The molecule has 0 bridgehead atoms. The van der Waals surface area contributed by atoms with Gasteiger partial charge in [-0.15, -0.1) is 10.0 Å². The SMILES string of the molecule is c1ccc(S(c2ccccc2)(c2ccccc2)c2ccc3c(c2)c2ccccc2n3-c2ccc(C3CCCCC3)cc2)cc1. The quantitative estimate of drug-likeness (QED) is 0.182. The Hall–Kier alpha value is -4.53. The van der Waals surface area contributed by atoms with Gasteiger partial charge in [-0.25, -0.2) is 0 Å². The summed E-state index contributed by atoms with van der Waals surface area (Å²) in [7, 11) is -1.75. The fourth-order valence-electron chi connectivity index (χ4n) is 7.44. The van der Waals surface area contributed by atoms with Crippen LogP contribution in [0.2, 0.25) is 0 Å². The number of nitrogens with zero attached hydrogens (tertiary/aromatic N) is 1. The highest BCUT2D eigenvalue weighted by atomic mass is 32.3. The van der Waals surface area contributed by atoms with Gasteiger partial charge < -0.3 is 4.57 Å². The Labute approximate surface area is 262 Å². The van der Waals surface area contributed by atoms with Gasteiger partial charge in [0.2, 0.25) is 0 Å². The van der Waals surface area contributed by atoms with Crippen LogP contribution >= 0.6 is 10.0 Å². The number of fused-ring (bicyclic) bond motifs is 3. The molecule has 0 aliphatic heterocycles. The van der Waals surface area contributed by atoms with Gasteiger partial charge in [0.15, 0.2) is 0 Å². The molecular formula is C42H37NS. The summed E-state index contributed by atoms with van der Waals surface area (Å²) in [4.78, 5) is 5.39. The highest BCUT2D eigenvalue weighted by Gasteiger charge is 2.33. The Kier molecular flexibility index (Phi) is 7.08. The number of rotatable bonds is 6. The largest absolute Gasteiger partial charge is 0.309 e. The van der Waals surface area contributed by atoms with E-state index in [1.807, 2.05) is 0 Å². The van der Waals surface area contributed by atoms with Gasteiger partial charge in [0.25, 0.3) is 0 Å². The number of benzene rings is 6. The van der Waals surface area contributed by atoms with E-state index < -0.39 is 10.0 Å². The van der Waals surface area contributed by atoms with Crippen LogP contribution in [-0.2, 0) is 0 Å². The van der Waals surface area contributed by atoms with Crippen LogP contribution in [0.15, 0.2) is 177 Å². The monoisotopic (exact) mass is 587 g/mol. The lowest BCUT2D eigenvalue weighted by molar-refractivity contribution is 0.443. The second-order valence-corrected chi connectivity index (χ2v) is 15.1. The summed E-state index contributed by atoms with van der Waals surface area (Å²) in [6.45, 7) is 0. The van der Waals surface area contributed by atoms with Gasteiger partial charge in [0, 0.05) is 36.0 Å². The second kappa shape index (κ2) is 11.5. The average molecular weight is 588 g/mol. The van der Waals surface area contributed by atoms with E-state index in [4.69, 9.17) is 0 Å². The number of para-hydroxylation sites is 1. The molecule has 2 heteroatoms. The maximum absolute atomic E-state index is 2.49. The molecule has 0 unspecified atom stereocenters. The van der Waals surface area contributed by atoms with Crippen LogP contribution in [0.4, 0.5) is 0 Å². The molecule has 8 rings (SSSR count). The number of aromatic nitrogens is 1. The van der Waals surface area contributed by atoms with E-state index in [0.717, 1.165) is 0 Å². The zero-order valence-corrected chi connectivity index (χ0v) is 25.8. The van der Waals surface area contributed by atoms with E-state index in [0.29, 0.717) is 5.92 Å². The molecule has 1 aliphatic rings. The minimum absolute atomic E-state index is 0.712. The average Bonchev–Trinajstić information content (AvgIpc) is 3.44. The van der Waals surface area contributed by atoms with Gasteiger partial charge in [0.05, 0.1) is 11.0 Å². The van der Waals surface area contributed by atoms with Crippen molar-refractivity contribution in [2.75, 3.05) is 0 Å². The second-order valence-electron chi connectivity index (χ2n) is 12.0. The van der Waals surface area contributed by atoms with Gasteiger partial charge in [-0.2, -0.15) is 0 Å². The van der Waals surface area contributed by atoms with Crippen molar-refractivity contribution in [1.29, 1.82) is 0 Å². The van der Waals surface area contributed by atoms with Crippen molar-refractivity contribution in [3.63, 3.8) is 0 Å². The Morgan fingerprint density at radius 3 is 1.55 bits per heavy atom. The summed E-state index contributed by atoms with van der Waals surface area (Å²) < 4.78 is 2.46. The molecule has 6 aromatic carbocycles. The third kappa shape index (κ3) is 4.48. The lowest BCUT2D eigenvalue weighted by Gasteiger charge is -2.42. The molecule has 0 amide bonds. The van der Waals surface area contributed by atoms with Crippen molar-refractivity contribution in [3.8, 4) is 5.69 Å². The minimum Gasteiger partial charge on any atom is -0.309 e. The first kappa shape index (κ1) is 27.0. The van der Waals surface area contributed by atoms with E-state index in [9.17, 15) is 0 Å². The van der Waals surface area contributed by atoms with Crippen LogP contribution in [0.5, 0.6) is 0 Å². The van der Waals surface area contributed by atoms with Crippen molar-refractivity contribution in [2.24, 2.45) is 0 Å². The maximum Gasteiger partial charge on any atom is 0.0541 e. The van der Waals surface area contributed by atoms with E-state index in [1.54, 1.807) is 0 Å². The molecule has 0 saturated heterocycles. The lowest BCUT2D eigenvalue weighted by Crippen LogP contribution is -2.05. The number of hydrogen-bond acceptors (Lipinski definition) is 0. The topological polar surface area (TPSA) is 4.93 Å². The Bertz CT molecular complexity index is 1920. The van der Waals surface area contributed by atoms with Gasteiger partial charge >= 0.3 is 0 Å². The van der Waals surface area contributed by atoms with Crippen molar-refractivity contribution < 1.29 is 0 Å². The number of hydrogen-bond donors (Lipinski definition) is 0. The Morgan fingerprint density at radius 2 is 0.955 bits per heavy atom. The molecule has 1 nitrogen and oxygen atoms in total.